The van der Waals surface area contributed by atoms with Crippen molar-refractivity contribution in [3.8, 4) is 0 Å². The summed E-state index contributed by atoms with van der Waals surface area (Å²) in [6, 6.07) is 0.967. The molecule has 0 aromatic carbocycles. The van der Waals surface area contributed by atoms with Crippen molar-refractivity contribution >= 4 is 0 Å². The van der Waals surface area contributed by atoms with Gasteiger partial charge in [-0.25, -0.2) is 0 Å². The van der Waals surface area contributed by atoms with Gasteiger partial charge < -0.3 is 5.11 Å². The van der Waals surface area contributed by atoms with Crippen LogP contribution in [0.25, 0.3) is 0 Å². The summed E-state index contributed by atoms with van der Waals surface area (Å²) in [5.41, 5.74) is -0.858. The second-order valence-electron chi connectivity index (χ2n) is 3.81. The van der Waals surface area contributed by atoms with Crippen molar-refractivity contribution in [2.24, 2.45) is 0 Å². The molecule has 0 aliphatic carbocycles. The summed E-state index contributed by atoms with van der Waals surface area (Å²) in [4.78, 5) is 0. The van der Waals surface area contributed by atoms with Gasteiger partial charge in [-0.05, 0) is 32.3 Å². The smallest absolute Gasteiger partial charge is 0.393 e. The molecule has 16 heavy (non-hydrogen) atoms. The molecule has 0 aliphatic heterocycles. The van der Waals surface area contributed by atoms with E-state index in [-0.39, 0.29) is 6.10 Å². The predicted octanol–water partition coefficient (Wildman–Crippen LogP) is 2.45. The molecule has 0 spiro atoms. The first kappa shape index (κ1) is 13.0. The van der Waals surface area contributed by atoms with Gasteiger partial charge in [0.15, 0.2) is 5.69 Å². The van der Waals surface area contributed by atoms with E-state index in [0.29, 0.717) is 19.4 Å². The molecule has 0 fully saturated rings. The van der Waals surface area contributed by atoms with Crippen LogP contribution >= 0.6 is 0 Å². The molecule has 6 heteroatoms. The second-order valence-corrected chi connectivity index (χ2v) is 3.81. The molecule has 1 aromatic rings. The molecule has 1 heterocycles. The van der Waals surface area contributed by atoms with Crippen LogP contribution in [0.2, 0.25) is 0 Å². The number of rotatable bonds is 5. The Morgan fingerprint density at radius 2 is 2.12 bits per heavy atom. The van der Waals surface area contributed by atoms with Crippen LogP contribution < -0.4 is 0 Å². The van der Waals surface area contributed by atoms with Crippen LogP contribution in [-0.4, -0.2) is 21.0 Å². The molecule has 1 atom stereocenters. The van der Waals surface area contributed by atoms with Crippen LogP contribution in [0, 0.1) is 0 Å². The number of unbranched alkanes of at least 4 members (excludes halogenated alkanes) is 1. The number of hydrogen-bond donors (Lipinski definition) is 1. The van der Waals surface area contributed by atoms with Gasteiger partial charge in [-0.3, -0.25) is 4.68 Å². The van der Waals surface area contributed by atoms with Crippen molar-refractivity contribution in [2.75, 3.05) is 0 Å². The SMILES string of the molecule is CC(O)CCCCn1ccc(C(F)(F)F)n1. The summed E-state index contributed by atoms with van der Waals surface area (Å²) in [5.74, 6) is 0. The van der Waals surface area contributed by atoms with Crippen LogP contribution in [0.1, 0.15) is 31.9 Å². The highest BCUT2D eigenvalue weighted by molar-refractivity contribution is 5.02. The normalized spacial score (nSPS) is 14.1. The first-order valence-electron chi connectivity index (χ1n) is 5.18. The average Bonchev–Trinajstić information content (AvgIpc) is 2.59. The maximum Gasteiger partial charge on any atom is 0.435 e. The Kier molecular flexibility index (Phi) is 4.35. The number of aromatic nitrogens is 2. The third-order valence-electron chi connectivity index (χ3n) is 2.19. The number of alkyl halides is 3. The summed E-state index contributed by atoms with van der Waals surface area (Å²) in [6.45, 7) is 2.14. The number of hydrogen-bond acceptors (Lipinski definition) is 2. The zero-order valence-corrected chi connectivity index (χ0v) is 9.04. The Morgan fingerprint density at radius 1 is 1.44 bits per heavy atom. The van der Waals surface area contributed by atoms with Crippen molar-refractivity contribution in [3.63, 3.8) is 0 Å². The Bertz CT molecular complexity index is 320. The Labute approximate surface area is 91.9 Å². The summed E-state index contributed by atoms with van der Waals surface area (Å²) in [5, 5.41) is 12.4. The molecule has 0 aliphatic rings. The highest BCUT2D eigenvalue weighted by atomic mass is 19.4. The lowest BCUT2D eigenvalue weighted by atomic mass is 10.2. The zero-order valence-electron chi connectivity index (χ0n) is 9.04. The van der Waals surface area contributed by atoms with Gasteiger partial charge in [0.2, 0.25) is 0 Å². The van der Waals surface area contributed by atoms with E-state index >= 15 is 0 Å². The molecular formula is C10H15F3N2O. The topological polar surface area (TPSA) is 38.0 Å². The largest absolute Gasteiger partial charge is 0.435 e. The van der Waals surface area contributed by atoms with Crippen LogP contribution in [0.15, 0.2) is 12.3 Å². The van der Waals surface area contributed by atoms with E-state index in [1.807, 2.05) is 0 Å². The first-order valence-corrected chi connectivity index (χ1v) is 5.18. The van der Waals surface area contributed by atoms with Crippen molar-refractivity contribution < 1.29 is 18.3 Å². The third kappa shape index (κ3) is 4.22. The second kappa shape index (κ2) is 5.34. The summed E-state index contributed by atoms with van der Waals surface area (Å²) in [6.07, 6.45) is -1.25. The molecule has 0 bridgehead atoms. The number of aryl methyl sites for hydroxylation is 1. The molecule has 0 radical (unpaired) electrons. The molecule has 0 saturated heterocycles. The van der Waals surface area contributed by atoms with E-state index in [4.69, 9.17) is 5.11 Å². The fourth-order valence-electron chi connectivity index (χ4n) is 1.35. The van der Waals surface area contributed by atoms with Crippen LogP contribution in [0.5, 0.6) is 0 Å². The van der Waals surface area contributed by atoms with E-state index in [1.54, 1.807) is 6.92 Å². The molecule has 1 unspecified atom stereocenters. The van der Waals surface area contributed by atoms with Gasteiger partial charge in [0.25, 0.3) is 0 Å². The van der Waals surface area contributed by atoms with Gasteiger partial charge >= 0.3 is 6.18 Å². The van der Waals surface area contributed by atoms with E-state index in [2.05, 4.69) is 5.10 Å². The van der Waals surface area contributed by atoms with Crippen LogP contribution in [0.4, 0.5) is 13.2 Å². The molecule has 3 nitrogen and oxygen atoms in total. The number of halogens is 3. The first-order chi connectivity index (χ1) is 7.39. The molecule has 0 amide bonds. The fraction of sp³-hybridized carbons (Fsp3) is 0.700. The van der Waals surface area contributed by atoms with Gasteiger partial charge in [-0.15, -0.1) is 0 Å². The number of aliphatic hydroxyl groups excluding tert-OH is 1. The Hall–Kier alpha value is -1.04. The summed E-state index contributed by atoms with van der Waals surface area (Å²) in [7, 11) is 0. The summed E-state index contributed by atoms with van der Waals surface area (Å²) < 4.78 is 37.8. The van der Waals surface area contributed by atoms with Gasteiger partial charge in [0.1, 0.15) is 0 Å². The minimum Gasteiger partial charge on any atom is -0.393 e. The fourth-order valence-corrected chi connectivity index (χ4v) is 1.35. The van der Waals surface area contributed by atoms with Crippen molar-refractivity contribution in [1.82, 2.24) is 9.78 Å². The number of aliphatic hydroxyl groups is 1. The van der Waals surface area contributed by atoms with Gasteiger partial charge in [0.05, 0.1) is 6.10 Å². The molecule has 1 N–H and O–H groups in total. The Morgan fingerprint density at radius 3 is 2.62 bits per heavy atom. The molecule has 1 rings (SSSR count). The van der Waals surface area contributed by atoms with Crippen LogP contribution in [-0.2, 0) is 12.7 Å². The minimum atomic E-state index is -4.37. The van der Waals surface area contributed by atoms with Crippen molar-refractivity contribution in [3.05, 3.63) is 18.0 Å². The standard InChI is InChI=1S/C10H15F3N2O/c1-8(16)4-2-3-6-15-7-5-9(14-15)10(11,12)13/h5,7-8,16H,2-4,6H2,1H3. The van der Waals surface area contributed by atoms with Gasteiger partial charge in [0, 0.05) is 12.7 Å². The monoisotopic (exact) mass is 236 g/mol. The van der Waals surface area contributed by atoms with Gasteiger partial charge in [-0.1, -0.05) is 0 Å². The highest BCUT2D eigenvalue weighted by Gasteiger charge is 2.33. The minimum absolute atomic E-state index is 0.358. The zero-order chi connectivity index (χ0) is 12.2. The highest BCUT2D eigenvalue weighted by Crippen LogP contribution is 2.27. The van der Waals surface area contributed by atoms with Crippen LogP contribution in [0.3, 0.4) is 0 Å². The number of nitrogens with zero attached hydrogens (tertiary/aromatic N) is 2. The molecule has 92 valence electrons. The lowest BCUT2D eigenvalue weighted by Gasteiger charge is -2.04. The molecule has 0 saturated carbocycles. The quantitative estimate of drug-likeness (QED) is 0.797. The Balaban J connectivity index is 2.36. The average molecular weight is 236 g/mol. The maximum absolute atomic E-state index is 12.2. The molecular weight excluding hydrogens is 221 g/mol. The lowest BCUT2D eigenvalue weighted by molar-refractivity contribution is -0.141. The van der Waals surface area contributed by atoms with Crippen molar-refractivity contribution in [2.45, 2.75) is 45.0 Å². The van der Waals surface area contributed by atoms with E-state index in [1.165, 1.54) is 10.9 Å². The van der Waals surface area contributed by atoms with E-state index in [9.17, 15) is 13.2 Å². The lowest BCUT2D eigenvalue weighted by Crippen LogP contribution is -2.08. The van der Waals surface area contributed by atoms with Crippen molar-refractivity contribution in [1.29, 1.82) is 0 Å². The maximum atomic E-state index is 12.2. The summed E-state index contributed by atoms with van der Waals surface area (Å²) >= 11 is 0. The third-order valence-corrected chi connectivity index (χ3v) is 2.19. The molecule has 1 aromatic heterocycles. The predicted molar refractivity (Wildman–Crippen MR) is 52.8 cm³/mol. The van der Waals surface area contributed by atoms with E-state index in [0.717, 1.165) is 12.5 Å². The van der Waals surface area contributed by atoms with Gasteiger partial charge in [-0.2, -0.15) is 18.3 Å². The van der Waals surface area contributed by atoms with E-state index < -0.39 is 11.9 Å².